The Kier molecular flexibility index (Phi) is 8.92. The smallest absolute Gasteiger partial charge is 0.308 e. The number of benzene rings is 3. The van der Waals surface area contributed by atoms with Crippen molar-refractivity contribution in [2.75, 3.05) is 18.2 Å². The Hall–Kier alpha value is -3.29. The topological polar surface area (TPSA) is 84.5 Å². The van der Waals surface area contributed by atoms with E-state index in [1.54, 1.807) is 60.3 Å². The average Bonchev–Trinajstić information content (AvgIpc) is 2.83. The highest BCUT2D eigenvalue weighted by molar-refractivity contribution is 7.98. The number of amides is 2. The fourth-order valence-electron chi connectivity index (χ4n) is 3.06. The summed E-state index contributed by atoms with van der Waals surface area (Å²) in [4.78, 5) is 38.4. The molecule has 170 valence electrons. The number of ether oxygens (including phenoxy) is 1. The van der Waals surface area contributed by atoms with Gasteiger partial charge in [-0.2, -0.15) is 0 Å². The summed E-state index contributed by atoms with van der Waals surface area (Å²) in [6.45, 7) is -0.427. The van der Waals surface area contributed by atoms with Crippen molar-refractivity contribution in [2.24, 2.45) is 0 Å². The molecule has 2 N–H and O–H groups in total. The minimum absolute atomic E-state index is 0.143. The summed E-state index contributed by atoms with van der Waals surface area (Å²) in [7, 11) is 0. The minimum Gasteiger partial charge on any atom is -0.455 e. The Balaban J connectivity index is 1.59. The number of halogens is 1. The Morgan fingerprint density at radius 2 is 1.61 bits per heavy atom. The van der Waals surface area contributed by atoms with Crippen LogP contribution in [0.4, 0.5) is 5.69 Å². The van der Waals surface area contributed by atoms with E-state index in [4.69, 9.17) is 16.3 Å². The third-order valence-electron chi connectivity index (χ3n) is 4.73. The van der Waals surface area contributed by atoms with E-state index in [-0.39, 0.29) is 6.42 Å². The molecule has 0 aliphatic heterocycles. The molecule has 0 fully saturated rings. The van der Waals surface area contributed by atoms with E-state index in [1.165, 1.54) is 0 Å². The van der Waals surface area contributed by atoms with Crippen LogP contribution in [0.25, 0.3) is 0 Å². The maximum Gasteiger partial charge on any atom is 0.308 e. The zero-order valence-corrected chi connectivity index (χ0v) is 19.5. The highest BCUT2D eigenvalue weighted by Gasteiger charge is 2.21. The summed E-state index contributed by atoms with van der Waals surface area (Å²) in [6.07, 6.45) is 1.82. The third-order valence-corrected chi connectivity index (χ3v) is 5.81. The molecule has 2 amide bonds. The number of rotatable bonds is 9. The van der Waals surface area contributed by atoms with Crippen LogP contribution in [-0.2, 0) is 14.3 Å². The van der Waals surface area contributed by atoms with Gasteiger partial charge in [-0.25, -0.2) is 0 Å². The summed E-state index contributed by atoms with van der Waals surface area (Å²) >= 11 is 7.72. The van der Waals surface area contributed by atoms with E-state index in [2.05, 4.69) is 10.6 Å². The number of thioether (sulfide) groups is 1. The molecule has 3 aromatic carbocycles. The molecule has 6 nitrogen and oxygen atoms in total. The molecule has 0 spiro atoms. The molecule has 33 heavy (non-hydrogen) atoms. The molecule has 0 heterocycles. The first-order chi connectivity index (χ1) is 16.0. The van der Waals surface area contributed by atoms with Crippen molar-refractivity contribution in [3.05, 3.63) is 95.0 Å². The molecule has 1 atom stereocenters. The second kappa shape index (κ2) is 12.1. The number of esters is 1. The van der Waals surface area contributed by atoms with Crippen molar-refractivity contribution in [3.63, 3.8) is 0 Å². The summed E-state index contributed by atoms with van der Waals surface area (Å²) in [6, 6.07) is 22.4. The van der Waals surface area contributed by atoms with Gasteiger partial charge in [0, 0.05) is 10.6 Å². The van der Waals surface area contributed by atoms with E-state index < -0.39 is 30.4 Å². The first-order valence-corrected chi connectivity index (χ1v) is 11.8. The normalized spacial score (nSPS) is 11.3. The van der Waals surface area contributed by atoms with Gasteiger partial charge in [0.05, 0.1) is 23.0 Å². The first-order valence-electron chi connectivity index (χ1n) is 10.2. The second-order valence-electron chi connectivity index (χ2n) is 7.06. The molecular formula is C25H23ClN2O4S. The molecule has 1 unspecified atom stereocenters. The standard InChI is InChI=1S/C25H23ClN2O4S/c1-33-19-13-11-18(12-14-19)27-23(29)16-32-24(30)15-22(17-7-3-2-4-8-17)28-25(31)20-9-5-6-10-21(20)26/h2-14,22H,15-16H2,1H3,(H,27,29)(H,28,31). The fourth-order valence-corrected chi connectivity index (χ4v) is 3.69. The van der Waals surface area contributed by atoms with Gasteiger partial charge in [0.25, 0.3) is 11.8 Å². The Morgan fingerprint density at radius 1 is 0.939 bits per heavy atom. The lowest BCUT2D eigenvalue weighted by molar-refractivity contribution is -0.147. The van der Waals surface area contributed by atoms with E-state index in [1.807, 2.05) is 36.6 Å². The van der Waals surface area contributed by atoms with Crippen molar-refractivity contribution in [3.8, 4) is 0 Å². The van der Waals surface area contributed by atoms with Crippen LogP contribution in [0.1, 0.15) is 28.4 Å². The second-order valence-corrected chi connectivity index (χ2v) is 8.34. The Morgan fingerprint density at radius 3 is 2.27 bits per heavy atom. The number of nitrogens with one attached hydrogen (secondary N) is 2. The molecule has 0 radical (unpaired) electrons. The van der Waals surface area contributed by atoms with Crippen LogP contribution < -0.4 is 10.6 Å². The van der Waals surface area contributed by atoms with Crippen molar-refractivity contribution in [1.82, 2.24) is 5.32 Å². The summed E-state index contributed by atoms with van der Waals surface area (Å²) in [5, 5.41) is 5.83. The lowest BCUT2D eigenvalue weighted by Gasteiger charge is -2.19. The third kappa shape index (κ3) is 7.37. The predicted molar refractivity (Wildman–Crippen MR) is 131 cm³/mol. The zero-order valence-electron chi connectivity index (χ0n) is 17.9. The van der Waals surface area contributed by atoms with Gasteiger partial charge in [0.2, 0.25) is 0 Å². The van der Waals surface area contributed by atoms with E-state index in [9.17, 15) is 14.4 Å². The van der Waals surface area contributed by atoms with Crippen LogP contribution in [0.2, 0.25) is 5.02 Å². The molecule has 0 saturated carbocycles. The molecule has 0 aliphatic rings. The number of carbonyl (C=O) groups excluding carboxylic acids is 3. The van der Waals surface area contributed by atoms with Gasteiger partial charge in [0.15, 0.2) is 6.61 Å². The summed E-state index contributed by atoms with van der Waals surface area (Å²) in [5.74, 6) is -1.47. The van der Waals surface area contributed by atoms with E-state index in [0.29, 0.717) is 16.3 Å². The quantitative estimate of drug-likeness (QED) is 0.327. The van der Waals surface area contributed by atoms with Gasteiger partial charge in [-0.3, -0.25) is 14.4 Å². The van der Waals surface area contributed by atoms with Crippen molar-refractivity contribution in [2.45, 2.75) is 17.4 Å². The van der Waals surface area contributed by atoms with Gasteiger partial charge < -0.3 is 15.4 Å². The Bertz CT molecular complexity index is 1110. The highest BCUT2D eigenvalue weighted by Crippen LogP contribution is 2.21. The number of hydrogen-bond donors (Lipinski definition) is 2. The van der Waals surface area contributed by atoms with Crippen LogP contribution in [0, 0.1) is 0 Å². The van der Waals surface area contributed by atoms with Crippen molar-refractivity contribution < 1.29 is 19.1 Å². The molecular weight excluding hydrogens is 460 g/mol. The largest absolute Gasteiger partial charge is 0.455 e. The molecule has 8 heteroatoms. The number of anilines is 1. The average molecular weight is 483 g/mol. The fraction of sp³-hybridized carbons (Fsp3) is 0.160. The number of carbonyl (C=O) groups is 3. The monoisotopic (exact) mass is 482 g/mol. The molecule has 3 rings (SSSR count). The highest BCUT2D eigenvalue weighted by atomic mass is 35.5. The molecule has 0 bridgehead atoms. The summed E-state index contributed by atoms with van der Waals surface area (Å²) < 4.78 is 5.15. The van der Waals surface area contributed by atoms with Crippen LogP contribution in [-0.4, -0.2) is 30.6 Å². The summed E-state index contributed by atoms with van der Waals surface area (Å²) in [5.41, 5.74) is 1.65. The van der Waals surface area contributed by atoms with Gasteiger partial charge in [-0.1, -0.05) is 54.1 Å². The van der Waals surface area contributed by atoms with Crippen LogP contribution in [0.5, 0.6) is 0 Å². The predicted octanol–water partition coefficient (Wildman–Crippen LogP) is 5.11. The van der Waals surface area contributed by atoms with Gasteiger partial charge in [0.1, 0.15) is 0 Å². The molecule has 0 saturated heterocycles. The van der Waals surface area contributed by atoms with Crippen LogP contribution in [0.15, 0.2) is 83.8 Å². The number of hydrogen-bond acceptors (Lipinski definition) is 5. The van der Waals surface area contributed by atoms with Crippen molar-refractivity contribution >= 4 is 46.8 Å². The van der Waals surface area contributed by atoms with E-state index in [0.717, 1.165) is 10.5 Å². The maximum absolute atomic E-state index is 12.7. The molecule has 0 aliphatic carbocycles. The van der Waals surface area contributed by atoms with Crippen LogP contribution in [0.3, 0.4) is 0 Å². The zero-order chi connectivity index (χ0) is 23.6. The van der Waals surface area contributed by atoms with Gasteiger partial charge in [-0.15, -0.1) is 11.8 Å². The first kappa shape index (κ1) is 24.4. The van der Waals surface area contributed by atoms with E-state index >= 15 is 0 Å². The lowest BCUT2D eigenvalue weighted by atomic mass is 10.0. The van der Waals surface area contributed by atoms with Crippen molar-refractivity contribution in [1.29, 1.82) is 0 Å². The lowest BCUT2D eigenvalue weighted by Crippen LogP contribution is -2.31. The van der Waals surface area contributed by atoms with Gasteiger partial charge >= 0.3 is 5.97 Å². The SMILES string of the molecule is CSc1ccc(NC(=O)COC(=O)CC(NC(=O)c2ccccc2Cl)c2ccccc2)cc1. The molecule has 0 aromatic heterocycles. The van der Waals surface area contributed by atoms with Gasteiger partial charge in [-0.05, 0) is 48.2 Å². The molecule has 3 aromatic rings. The minimum atomic E-state index is -0.648. The maximum atomic E-state index is 12.7. The Labute approximate surface area is 201 Å². The van der Waals surface area contributed by atoms with Crippen LogP contribution >= 0.6 is 23.4 Å².